The maximum absolute atomic E-state index is 5.90. The second-order valence-electron chi connectivity index (χ2n) is 4.87. The molecule has 0 radical (unpaired) electrons. The molecule has 1 saturated heterocycles. The van der Waals surface area contributed by atoms with E-state index in [0.717, 1.165) is 30.4 Å². The summed E-state index contributed by atoms with van der Waals surface area (Å²) in [5.41, 5.74) is 6.51. The van der Waals surface area contributed by atoms with Crippen LogP contribution in [0.4, 0.5) is 11.5 Å². The fourth-order valence-electron chi connectivity index (χ4n) is 1.77. The number of anilines is 2. The lowest BCUT2D eigenvalue weighted by Crippen LogP contribution is -2.33. The minimum Gasteiger partial charge on any atom is -0.476 e. The Morgan fingerprint density at radius 1 is 1.39 bits per heavy atom. The van der Waals surface area contributed by atoms with Crippen molar-refractivity contribution in [1.29, 1.82) is 0 Å². The Kier molecular flexibility index (Phi) is 4.58. The lowest BCUT2D eigenvalue weighted by molar-refractivity contribution is 0.263. The van der Waals surface area contributed by atoms with Gasteiger partial charge >= 0.3 is 0 Å². The topological polar surface area (TPSA) is 51.4 Å². The van der Waals surface area contributed by atoms with Crippen LogP contribution in [0.1, 0.15) is 13.8 Å². The summed E-state index contributed by atoms with van der Waals surface area (Å²) in [6.07, 6.45) is 0. The third kappa shape index (κ3) is 3.45. The molecule has 1 aromatic rings. The first kappa shape index (κ1) is 13.3. The normalized spacial score (nSPS) is 16.1. The molecule has 2 heterocycles. The number of nitrogens with zero attached hydrogens (tertiary/aromatic N) is 2. The van der Waals surface area contributed by atoms with Crippen LogP contribution in [-0.4, -0.2) is 36.2 Å². The quantitative estimate of drug-likeness (QED) is 0.907. The molecule has 100 valence electrons. The standard InChI is InChI=1S/C13H21N3OS/c1-10(2)9-17-13-11(14)3-4-12(15-13)16-5-7-18-8-6-16/h3-4,10H,5-9,14H2,1-2H3. The summed E-state index contributed by atoms with van der Waals surface area (Å²) in [7, 11) is 0. The van der Waals surface area contributed by atoms with Crippen LogP contribution in [0, 0.1) is 5.92 Å². The highest BCUT2D eigenvalue weighted by Gasteiger charge is 2.14. The van der Waals surface area contributed by atoms with Gasteiger partial charge in [-0.2, -0.15) is 16.7 Å². The smallest absolute Gasteiger partial charge is 0.239 e. The predicted molar refractivity (Wildman–Crippen MR) is 78.5 cm³/mol. The molecule has 1 aliphatic rings. The van der Waals surface area contributed by atoms with Crippen LogP contribution in [0.3, 0.4) is 0 Å². The van der Waals surface area contributed by atoms with Crippen molar-refractivity contribution < 1.29 is 4.74 Å². The van der Waals surface area contributed by atoms with Crippen LogP contribution in [0.15, 0.2) is 12.1 Å². The van der Waals surface area contributed by atoms with E-state index >= 15 is 0 Å². The molecule has 2 N–H and O–H groups in total. The van der Waals surface area contributed by atoms with Gasteiger partial charge in [-0.05, 0) is 18.1 Å². The molecular formula is C13H21N3OS. The van der Waals surface area contributed by atoms with Crippen molar-refractivity contribution in [2.75, 3.05) is 41.8 Å². The van der Waals surface area contributed by atoms with Crippen LogP contribution in [0.2, 0.25) is 0 Å². The minimum absolute atomic E-state index is 0.473. The van der Waals surface area contributed by atoms with Gasteiger partial charge < -0.3 is 15.4 Å². The van der Waals surface area contributed by atoms with E-state index in [0.29, 0.717) is 24.1 Å². The Morgan fingerprint density at radius 3 is 2.78 bits per heavy atom. The van der Waals surface area contributed by atoms with Gasteiger partial charge in [0.05, 0.1) is 12.3 Å². The lowest BCUT2D eigenvalue weighted by Gasteiger charge is -2.27. The Balaban J connectivity index is 2.09. The van der Waals surface area contributed by atoms with Crippen LogP contribution in [-0.2, 0) is 0 Å². The number of aromatic nitrogens is 1. The van der Waals surface area contributed by atoms with Gasteiger partial charge in [0, 0.05) is 24.6 Å². The van der Waals surface area contributed by atoms with Crippen LogP contribution in [0.5, 0.6) is 5.88 Å². The van der Waals surface area contributed by atoms with E-state index in [4.69, 9.17) is 10.5 Å². The third-order valence-corrected chi connectivity index (χ3v) is 3.71. The summed E-state index contributed by atoms with van der Waals surface area (Å²) >= 11 is 1.99. The molecule has 0 amide bonds. The third-order valence-electron chi connectivity index (χ3n) is 2.76. The Labute approximate surface area is 113 Å². The van der Waals surface area contributed by atoms with Gasteiger partial charge in [0.2, 0.25) is 5.88 Å². The fraction of sp³-hybridized carbons (Fsp3) is 0.615. The number of nitrogen functional groups attached to an aromatic ring is 1. The van der Waals surface area contributed by atoms with Gasteiger partial charge in [0.15, 0.2) is 0 Å². The molecule has 18 heavy (non-hydrogen) atoms. The SMILES string of the molecule is CC(C)COc1nc(N2CCSCC2)ccc1N. The zero-order valence-corrected chi connectivity index (χ0v) is 11.9. The van der Waals surface area contributed by atoms with E-state index in [1.807, 2.05) is 23.9 Å². The van der Waals surface area contributed by atoms with Crippen molar-refractivity contribution in [2.24, 2.45) is 5.92 Å². The minimum atomic E-state index is 0.473. The molecule has 0 saturated carbocycles. The first-order chi connectivity index (χ1) is 8.66. The number of thioether (sulfide) groups is 1. The highest BCUT2D eigenvalue weighted by molar-refractivity contribution is 7.99. The van der Waals surface area contributed by atoms with Gasteiger partial charge in [0.25, 0.3) is 0 Å². The van der Waals surface area contributed by atoms with Crippen molar-refractivity contribution in [1.82, 2.24) is 4.98 Å². The molecule has 2 rings (SSSR count). The fourth-order valence-corrected chi connectivity index (χ4v) is 2.67. The van der Waals surface area contributed by atoms with Crippen LogP contribution >= 0.6 is 11.8 Å². The summed E-state index contributed by atoms with van der Waals surface area (Å²) in [6.45, 7) is 6.97. The van der Waals surface area contributed by atoms with Crippen molar-refractivity contribution in [3.8, 4) is 5.88 Å². The van der Waals surface area contributed by atoms with Crippen LogP contribution < -0.4 is 15.4 Å². The van der Waals surface area contributed by atoms with Gasteiger partial charge in [-0.3, -0.25) is 0 Å². The summed E-state index contributed by atoms with van der Waals surface area (Å²) in [5.74, 6) is 4.34. The predicted octanol–water partition coefficient (Wildman–Crippen LogP) is 2.25. The second-order valence-corrected chi connectivity index (χ2v) is 6.09. The average molecular weight is 267 g/mol. The maximum Gasteiger partial charge on any atom is 0.239 e. The molecule has 1 aromatic heterocycles. The molecule has 0 aliphatic carbocycles. The first-order valence-electron chi connectivity index (χ1n) is 6.39. The first-order valence-corrected chi connectivity index (χ1v) is 7.54. The van der Waals surface area contributed by atoms with E-state index in [-0.39, 0.29) is 0 Å². The van der Waals surface area contributed by atoms with E-state index in [2.05, 4.69) is 23.7 Å². The zero-order chi connectivity index (χ0) is 13.0. The number of ether oxygens (including phenoxy) is 1. The van der Waals surface area contributed by atoms with E-state index in [1.54, 1.807) is 0 Å². The van der Waals surface area contributed by atoms with Gasteiger partial charge in [-0.15, -0.1) is 0 Å². The monoisotopic (exact) mass is 267 g/mol. The van der Waals surface area contributed by atoms with Crippen molar-refractivity contribution in [3.63, 3.8) is 0 Å². The maximum atomic E-state index is 5.90. The van der Waals surface area contributed by atoms with Crippen molar-refractivity contribution in [3.05, 3.63) is 12.1 Å². The molecule has 1 aliphatic heterocycles. The van der Waals surface area contributed by atoms with Crippen molar-refractivity contribution in [2.45, 2.75) is 13.8 Å². The largest absolute Gasteiger partial charge is 0.476 e. The highest BCUT2D eigenvalue weighted by Crippen LogP contribution is 2.25. The van der Waals surface area contributed by atoms with E-state index < -0.39 is 0 Å². The Bertz CT molecular complexity index is 392. The van der Waals surface area contributed by atoms with Crippen molar-refractivity contribution >= 4 is 23.3 Å². The van der Waals surface area contributed by atoms with Crippen LogP contribution in [0.25, 0.3) is 0 Å². The second kappa shape index (κ2) is 6.18. The van der Waals surface area contributed by atoms with Gasteiger partial charge in [0.1, 0.15) is 5.82 Å². The highest BCUT2D eigenvalue weighted by atomic mass is 32.2. The van der Waals surface area contributed by atoms with Gasteiger partial charge in [-0.25, -0.2) is 0 Å². The molecule has 0 unspecified atom stereocenters. The Hall–Kier alpha value is -1.10. The molecule has 0 spiro atoms. The number of rotatable bonds is 4. The number of nitrogens with two attached hydrogens (primary N) is 1. The summed E-state index contributed by atoms with van der Waals surface area (Å²) in [6, 6.07) is 3.87. The zero-order valence-electron chi connectivity index (χ0n) is 11.1. The molecule has 4 nitrogen and oxygen atoms in total. The summed E-state index contributed by atoms with van der Waals surface area (Å²) < 4.78 is 5.66. The number of hydrogen-bond donors (Lipinski definition) is 1. The molecule has 1 fully saturated rings. The van der Waals surface area contributed by atoms with E-state index in [9.17, 15) is 0 Å². The number of hydrogen-bond acceptors (Lipinski definition) is 5. The molecular weight excluding hydrogens is 246 g/mol. The Morgan fingerprint density at radius 2 is 2.11 bits per heavy atom. The summed E-state index contributed by atoms with van der Waals surface area (Å²) in [5, 5.41) is 0. The average Bonchev–Trinajstić information content (AvgIpc) is 2.38. The molecule has 0 atom stereocenters. The summed E-state index contributed by atoms with van der Waals surface area (Å²) in [4.78, 5) is 6.83. The van der Waals surface area contributed by atoms with Gasteiger partial charge in [-0.1, -0.05) is 13.8 Å². The molecule has 5 heteroatoms. The molecule has 0 bridgehead atoms. The lowest BCUT2D eigenvalue weighted by atomic mass is 10.2. The number of pyridine rings is 1. The molecule has 0 aromatic carbocycles. The van der Waals surface area contributed by atoms with E-state index in [1.165, 1.54) is 0 Å².